The third kappa shape index (κ3) is 4.83. The molecule has 1 aliphatic heterocycles. The number of furan rings is 1. The molecule has 2 heterocycles. The Balaban J connectivity index is 1.63. The Morgan fingerprint density at radius 2 is 1.94 bits per heavy atom. The molecule has 0 spiro atoms. The van der Waals surface area contributed by atoms with E-state index in [0.717, 1.165) is 32.4 Å². The quantitative estimate of drug-likeness (QED) is 0.398. The summed E-state index contributed by atoms with van der Waals surface area (Å²) in [6, 6.07) is 12.9. The number of anilines is 2. The molecular formula is C24H25N3O6. The first kappa shape index (κ1) is 22.3. The minimum atomic E-state index is -0.501. The van der Waals surface area contributed by atoms with Gasteiger partial charge in [0.2, 0.25) is 0 Å². The van der Waals surface area contributed by atoms with Gasteiger partial charge >= 0.3 is 0 Å². The number of benzene rings is 2. The summed E-state index contributed by atoms with van der Waals surface area (Å²) in [6.45, 7) is 1.40. The Kier molecular flexibility index (Phi) is 6.60. The zero-order valence-corrected chi connectivity index (χ0v) is 18.2. The van der Waals surface area contributed by atoms with Gasteiger partial charge in [-0.2, -0.15) is 0 Å². The molecule has 9 heteroatoms. The van der Waals surface area contributed by atoms with Crippen molar-refractivity contribution in [3.63, 3.8) is 0 Å². The molecule has 1 amide bonds. The van der Waals surface area contributed by atoms with Crippen LogP contribution in [0.4, 0.5) is 17.1 Å². The van der Waals surface area contributed by atoms with E-state index >= 15 is 0 Å². The van der Waals surface area contributed by atoms with Gasteiger partial charge in [0.05, 0.1) is 28.8 Å². The Labute approximate surface area is 190 Å². The molecule has 0 unspecified atom stereocenters. The number of nitro benzene ring substituents is 1. The molecule has 1 aromatic heterocycles. The van der Waals surface area contributed by atoms with Crippen molar-refractivity contribution >= 4 is 23.0 Å². The van der Waals surface area contributed by atoms with E-state index < -0.39 is 10.8 Å². The lowest BCUT2D eigenvalue weighted by atomic mass is 10.1. The Hall–Kier alpha value is -3.85. The first-order chi connectivity index (χ1) is 16.0. The van der Waals surface area contributed by atoms with Gasteiger partial charge in [0, 0.05) is 37.0 Å². The molecule has 1 aliphatic rings. The summed E-state index contributed by atoms with van der Waals surface area (Å²) >= 11 is 0. The second-order valence-corrected chi connectivity index (χ2v) is 7.80. The topological polar surface area (TPSA) is 118 Å². The lowest BCUT2D eigenvalue weighted by Crippen LogP contribution is -2.31. The summed E-state index contributed by atoms with van der Waals surface area (Å²) in [6.07, 6.45) is 3.16. The first-order valence-electron chi connectivity index (χ1n) is 10.7. The molecule has 0 radical (unpaired) electrons. The number of carbonyl (C=O) groups is 1. The molecule has 0 saturated carbocycles. The summed E-state index contributed by atoms with van der Waals surface area (Å²) in [5.74, 6) is 0.997. The maximum Gasteiger partial charge on any atom is 0.270 e. The third-order valence-corrected chi connectivity index (χ3v) is 5.67. The van der Waals surface area contributed by atoms with Crippen LogP contribution >= 0.6 is 0 Å². The molecule has 3 aromatic rings. The number of aliphatic hydroxyl groups excluding tert-OH is 1. The molecule has 9 nitrogen and oxygen atoms in total. The fraction of sp³-hybridized carbons (Fsp3) is 0.292. The van der Waals surface area contributed by atoms with E-state index in [1.165, 1.54) is 19.2 Å². The number of amides is 1. The maximum atomic E-state index is 13.2. The normalized spacial score (nSPS) is 13.6. The average Bonchev–Trinajstić information content (AvgIpc) is 3.33. The van der Waals surface area contributed by atoms with Gasteiger partial charge in [0.25, 0.3) is 11.6 Å². The van der Waals surface area contributed by atoms with Gasteiger partial charge < -0.3 is 24.5 Å². The van der Waals surface area contributed by atoms with Gasteiger partial charge in [0.15, 0.2) is 0 Å². The number of nitro groups is 1. The molecule has 0 bridgehead atoms. The van der Waals surface area contributed by atoms with E-state index in [0.29, 0.717) is 34.2 Å². The second kappa shape index (κ2) is 9.74. The predicted molar refractivity (Wildman–Crippen MR) is 124 cm³/mol. The van der Waals surface area contributed by atoms with Gasteiger partial charge in [-0.1, -0.05) is 0 Å². The lowest BCUT2D eigenvalue weighted by molar-refractivity contribution is -0.384. The van der Waals surface area contributed by atoms with Gasteiger partial charge in [-0.15, -0.1) is 0 Å². The molecule has 0 atom stereocenters. The van der Waals surface area contributed by atoms with Crippen LogP contribution in [0.25, 0.3) is 11.3 Å². The minimum absolute atomic E-state index is 0.133. The number of rotatable bonds is 7. The highest BCUT2D eigenvalue weighted by molar-refractivity contribution is 6.08. The van der Waals surface area contributed by atoms with Crippen LogP contribution in [-0.4, -0.2) is 36.1 Å². The van der Waals surface area contributed by atoms with E-state index in [-0.39, 0.29) is 17.9 Å². The molecule has 172 valence electrons. The molecule has 2 aromatic carbocycles. The zero-order chi connectivity index (χ0) is 23.4. The van der Waals surface area contributed by atoms with Crippen molar-refractivity contribution in [2.24, 2.45) is 0 Å². The summed E-state index contributed by atoms with van der Waals surface area (Å²) in [7, 11) is 1.51. The second-order valence-electron chi connectivity index (χ2n) is 7.80. The molecule has 0 aliphatic carbocycles. The Bertz CT molecular complexity index is 1170. The number of hydrogen-bond donors (Lipinski definition) is 2. The van der Waals surface area contributed by atoms with E-state index in [4.69, 9.17) is 9.15 Å². The number of nitrogens with zero attached hydrogens (tertiary/aromatic N) is 2. The number of ether oxygens (including phenoxy) is 1. The zero-order valence-electron chi connectivity index (χ0n) is 18.2. The van der Waals surface area contributed by atoms with Crippen molar-refractivity contribution in [3.8, 4) is 17.1 Å². The van der Waals surface area contributed by atoms with E-state index in [9.17, 15) is 20.0 Å². The van der Waals surface area contributed by atoms with Gasteiger partial charge in [-0.05, 0) is 49.6 Å². The number of non-ortho nitro benzene ring substituents is 1. The van der Waals surface area contributed by atoms with Crippen LogP contribution in [0.3, 0.4) is 0 Å². The van der Waals surface area contributed by atoms with Crippen LogP contribution in [0.1, 0.15) is 35.4 Å². The molecule has 4 rings (SSSR count). The van der Waals surface area contributed by atoms with Crippen LogP contribution in [0.2, 0.25) is 0 Å². The van der Waals surface area contributed by atoms with Crippen molar-refractivity contribution < 1.29 is 24.0 Å². The van der Waals surface area contributed by atoms with Gasteiger partial charge in [-0.25, -0.2) is 0 Å². The first-order valence-corrected chi connectivity index (χ1v) is 10.7. The summed E-state index contributed by atoms with van der Waals surface area (Å²) in [5, 5.41) is 23.4. The van der Waals surface area contributed by atoms with E-state index in [2.05, 4.69) is 10.2 Å². The summed E-state index contributed by atoms with van der Waals surface area (Å²) in [5.41, 5.74) is 1.96. The Morgan fingerprint density at radius 1 is 1.15 bits per heavy atom. The van der Waals surface area contributed by atoms with Crippen LogP contribution in [0.15, 0.2) is 52.9 Å². The Morgan fingerprint density at radius 3 is 2.61 bits per heavy atom. The van der Waals surface area contributed by atoms with Crippen LogP contribution in [-0.2, 0) is 6.61 Å². The highest BCUT2D eigenvalue weighted by Crippen LogP contribution is 2.34. The maximum absolute atomic E-state index is 13.2. The smallest absolute Gasteiger partial charge is 0.270 e. The standard InChI is InChI=1S/C24H25N3O6/c1-32-23-13-16(5-8-19(23)22-10-7-18(15-28)33-22)25-24(29)20-14-17(27(30)31)6-9-21(20)26-11-3-2-4-12-26/h5-10,13-14,28H,2-4,11-12,15H2,1H3,(H,25,29). The summed E-state index contributed by atoms with van der Waals surface area (Å²) < 4.78 is 11.1. The number of methoxy groups -OCH3 is 1. The fourth-order valence-electron chi connectivity index (χ4n) is 4.01. The van der Waals surface area contributed by atoms with Crippen molar-refractivity contribution in [1.29, 1.82) is 0 Å². The fourth-order valence-corrected chi connectivity index (χ4v) is 4.01. The minimum Gasteiger partial charge on any atom is -0.496 e. The molecule has 2 N–H and O–H groups in total. The van der Waals surface area contributed by atoms with Gasteiger partial charge in [0.1, 0.15) is 23.9 Å². The highest BCUT2D eigenvalue weighted by Gasteiger charge is 2.22. The molecule has 1 saturated heterocycles. The number of hydrogen-bond acceptors (Lipinski definition) is 7. The van der Waals surface area contributed by atoms with Crippen molar-refractivity contribution in [3.05, 3.63) is 70.0 Å². The molecular weight excluding hydrogens is 426 g/mol. The number of piperidine rings is 1. The molecule has 1 fully saturated rings. The van der Waals surface area contributed by atoms with Gasteiger partial charge in [-0.3, -0.25) is 14.9 Å². The SMILES string of the molecule is COc1cc(NC(=O)c2cc([N+](=O)[O-])ccc2N2CCCCC2)ccc1-c1ccc(CO)o1. The van der Waals surface area contributed by atoms with Crippen molar-refractivity contribution in [2.45, 2.75) is 25.9 Å². The summed E-state index contributed by atoms with van der Waals surface area (Å²) in [4.78, 5) is 26.1. The van der Waals surface area contributed by atoms with Crippen LogP contribution in [0, 0.1) is 10.1 Å². The monoisotopic (exact) mass is 451 g/mol. The predicted octanol–water partition coefficient (Wildman–Crippen LogP) is 4.60. The number of aliphatic hydroxyl groups is 1. The van der Waals surface area contributed by atoms with Crippen LogP contribution < -0.4 is 15.0 Å². The third-order valence-electron chi connectivity index (χ3n) is 5.67. The lowest BCUT2D eigenvalue weighted by Gasteiger charge is -2.30. The van der Waals surface area contributed by atoms with Crippen molar-refractivity contribution in [1.82, 2.24) is 0 Å². The van der Waals surface area contributed by atoms with Crippen LogP contribution in [0.5, 0.6) is 5.75 Å². The number of carbonyl (C=O) groups excluding carboxylic acids is 1. The van der Waals surface area contributed by atoms with E-state index in [1.54, 1.807) is 36.4 Å². The number of nitrogens with one attached hydrogen (secondary N) is 1. The van der Waals surface area contributed by atoms with E-state index in [1.807, 2.05) is 0 Å². The average molecular weight is 451 g/mol. The highest BCUT2D eigenvalue weighted by atomic mass is 16.6. The molecule has 33 heavy (non-hydrogen) atoms. The largest absolute Gasteiger partial charge is 0.496 e. The van der Waals surface area contributed by atoms with Crippen molar-refractivity contribution in [2.75, 3.05) is 30.4 Å².